The van der Waals surface area contributed by atoms with Crippen LogP contribution in [0, 0.1) is 0 Å². The molecule has 0 spiro atoms. The maximum Gasteiger partial charge on any atom is 0.252 e. The summed E-state index contributed by atoms with van der Waals surface area (Å²) in [6.45, 7) is 4.61. The monoisotopic (exact) mass is 515 g/mol. The number of rotatable bonds is 7. The number of aromatic nitrogens is 6. The molecule has 4 aromatic heterocycles. The molecule has 1 aliphatic rings. The molecule has 0 aliphatic carbocycles. The molecule has 1 saturated heterocycles. The van der Waals surface area contributed by atoms with Crippen LogP contribution < -0.4 is 11.1 Å². The van der Waals surface area contributed by atoms with Gasteiger partial charge in [-0.2, -0.15) is 14.6 Å². The minimum atomic E-state index is -1.22. The smallest absolute Gasteiger partial charge is 0.252 e. The van der Waals surface area contributed by atoms with Gasteiger partial charge in [-0.15, -0.1) is 5.10 Å². The summed E-state index contributed by atoms with van der Waals surface area (Å²) in [5.41, 5.74) is 6.72. The molecule has 0 radical (unpaired) electrons. The van der Waals surface area contributed by atoms with Gasteiger partial charge in [0.2, 0.25) is 11.8 Å². The molecule has 6 rings (SSSR count). The lowest BCUT2D eigenvalue weighted by Gasteiger charge is -2.32. The van der Waals surface area contributed by atoms with Crippen LogP contribution in [0.3, 0.4) is 0 Å². The van der Waals surface area contributed by atoms with Gasteiger partial charge < -0.3 is 25.5 Å². The number of carbonyl (C=O) groups excluding carboxylic acids is 1. The number of anilines is 1. The number of nitrogens with one attached hydrogen (secondary N) is 1. The normalized spacial score (nSPS) is 16.7. The van der Waals surface area contributed by atoms with Gasteiger partial charge in [0.05, 0.1) is 24.0 Å². The first-order valence-corrected chi connectivity index (χ1v) is 12.6. The minimum Gasteiger partial charge on any atom is -0.461 e. The molecule has 4 N–H and O–H groups in total. The van der Waals surface area contributed by atoms with E-state index in [-0.39, 0.29) is 18.0 Å². The van der Waals surface area contributed by atoms with Crippen LogP contribution in [0.1, 0.15) is 25.3 Å². The zero-order valence-corrected chi connectivity index (χ0v) is 21.0. The zero-order valence-electron chi connectivity index (χ0n) is 21.0. The first kappa shape index (κ1) is 24.1. The minimum absolute atomic E-state index is 0.114. The van der Waals surface area contributed by atoms with Crippen molar-refractivity contribution in [1.29, 1.82) is 0 Å². The second-order valence-electron chi connectivity index (χ2n) is 9.68. The third kappa shape index (κ3) is 4.07. The molecule has 1 amide bonds. The molecule has 1 unspecified atom stereocenters. The second kappa shape index (κ2) is 9.54. The van der Waals surface area contributed by atoms with Gasteiger partial charge in [-0.3, -0.25) is 4.79 Å². The summed E-state index contributed by atoms with van der Waals surface area (Å²) in [6, 6.07) is 13.0. The molecule has 1 fully saturated rings. The average molecular weight is 516 g/mol. The quantitative estimate of drug-likeness (QED) is 0.294. The highest BCUT2D eigenvalue weighted by Gasteiger charge is 2.40. The Labute approximate surface area is 218 Å². The molecular formula is C26H29N9O3. The predicted octanol–water partition coefficient (Wildman–Crippen LogP) is 1.65. The van der Waals surface area contributed by atoms with Crippen LogP contribution in [0.25, 0.3) is 28.3 Å². The van der Waals surface area contributed by atoms with Gasteiger partial charge in [0, 0.05) is 26.2 Å². The SMILES string of the molecule is CC(C(=O)NCCN1CCC(O)CC1)(c1ccccc1)n1ncc2c1nc(N)n1nc(-c3ccco3)nc21. The molecule has 38 heavy (non-hydrogen) atoms. The van der Waals surface area contributed by atoms with E-state index in [1.807, 2.05) is 37.3 Å². The summed E-state index contributed by atoms with van der Waals surface area (Å²) in [4.78, 5) is 25.3. The third-order valence-electron chi connectivity index (χ3n) is 7.24. The number of nitrogen functional groups attached to an aromatic ring is 1. The fraction of sp³-hybridized carbons (Fsp3) is 0.346. The molecule has 1 atom stereocenters. The number of hydrogen-bond acceptors (Lipinski definition) is 9. The number of nitrogens with two attached hydrogens (primary N) is 1. The Morgan fingerprint density at radius 3 is 2.68 bits per heavy atom. The highest BCUT2D eigenvalue weighted by atomic mass is 16.3. The summed E-state index contributed by atoms with van der Waals surface area (Å²) < 4.78 is 8.49. The van der Waals surface area contributed by atoms with Gasteiger partial charge in [0.25, 0.3) is 5.91 Å². The van der Waals surface area contributed by atoms with E-state index in [0.29, 0.717) is 41.4 Å². The predicted molar refractivity (Wildman–Crippen MR) is 140 cm³/mol. The van der Waals surface area contributed by atoms with Gasteiger partial charge in [-0.25, -0.2) is 9.67 Å². The summed E-state index contributed by atoms with van der Waals surface area (Å²) in [7, 11) is 0. The van der Waals surface area contributed by atoms with Crippen LogP contribution in [-0.2, 0) is 10.3 Å². The van der Waals surface area contributed by atoms with Crippen molar-refractivity contribution in [3.8, 4) is 11.6 Å². The number of furan rings is 1. The van der Waals surface area contributed by atoms with Crippen LogP contribution in [0.15, 0.2) is 59.3 Å². The van der Waals surface area contributed by atoms with Gasteiger partial charge in [-0.1, -0.05) is 30.3 Å². The Kier molecular flexibility index (Phi) is 6.04. The van der Waals surface area contributed by atoms with Gasteiger partial charge >= 0.3 is 0 Å². The zero-order chi connectivity index (χ0) is 26.3. The Hall–Kier alpha value is -4.29. The number of hydrogen-bond donors (Lipinski definition) is 3. The molecule has 1 aromatic carbocycles. The lowest BCUT2D eigenvalue weighted by Crippen LogP contribution is -2.50. The number of fused-ring (bicyclic) bond motifs is 3. The van der Waals surface area contributed by atoms with E-state index in [9.17, 15) is 9.90 Å². The van der Waals surface area contributed by atoms with Crippen LogP contribution >= 0.6 is 0 Å². The topological polar surface area (TPSA) is 153 Å². The van der Waals surface area contributed by atoms with Crippen LogP contribution in [-0.4, -0.2) is 77.6 Å². The van der Waals surface area contributed by atoms with Crippen molar-refractivity contribution in [3.63, 3.8) is 0 Å². The summed E-state index contributed by atoms with van der Waals surface area (Å²) >= 11 is 0. The lowest BCUT2D eigenvalue weighted by atomic mass is 9.91. The fourth-order valence-electron chi connectivity index (χ4n) is 5.00. The van der Waals surface area contributed by atoms with Crippen molar-refractivity contribution in [2.75, 3.05) is 31.9 Å². The van der Waals surface area contributed by atoms with Crippen molar-refractivity contribution in [3.05, 3.63) is 60.5 Å². The molecule has 0 bridgehead atoms. The number of nitrogens with zero attached hydrogens (tertiary/aromatic N) is 7. The van der Waals surface area contributed by atoms with Crippen molar-refractivity contribution in [2.24, 2.45) is 0 Å². The molecule has 1 aliphatic heterocycles. The summed E-state index contributed by atoms with van der Waals surface area (Å²) in [5, 5.41) is 22.5. The molecule has 5 aromatic rings. The first-order chi connectivity index (χ1) is 18.4. The van der Waals surface area contributed by atoms with Gasteiger partial charge in [0.15, 0.2) is 22.6 Å². The van der Waals surface area contributed by atoms with Crippen LogP contribution in [0.4, 0.5) is 5.95 Å². The first-order valence-electron chi connectivity index (χ1n) is 12.6. The Balaban J connectivity index is 1.37. The largest absolute Gasteiger partial charge is 0.461 e. The molecule has 0 saturated carbocycles. The van der Waals surface area contributed by atoms with E-state index in [4.69, 9.17) is 10.2 Å². The van der Waals surface area contributed by atoms with Crippen molar-refractivity contribution in [2.45, 2.75) is 31.4 Å². The van der Waals surface area contributed by atoms with E-state index in [1.165, 1.54) is 4.52 Å². The Morgan fingerprint density at radius 1 is 1.16 bits per heavy atom. The molecule has 196 valence electrons. The van der Waals surface area contributed by atoms with E-state index in [1.54, 1.807) is 29.3 Å². The maximum atomic E-state index is 13.9. The number of aliphatic hydroxyl groups excluding tert-OH is 1. The molecular weight excluding hydrogens is 486 g/mol. The number of piperidine rings is 1. The second-order valence-corrected chi connectivity index (χ2v) is 9.68. The van der Waals surface area contributed by atoms with Crippen molar-refractivity contribution >= 4 is 28.5 Å². The van der Waals surface area contributed by atoms with Crippen molar-refractivity contribution in [1.82, 2.24) is 39.6 Å². The Bertz CT molecular complexity index is 1570. The van der Waals surface area contributed by atoms with E-state index in [0.717, 1.165) is 31.5 Å². The van der Waals surface area contributed by atoms with Crippen molar-refractivity contribution < 1.29 is 14.3 Å². The summed E-state index contributed by atoms with van der Waals surface area (Å²) in [6.07, 6.45) is 4.45. The van der Waals surface area contributed by atoms with Crippen LogP contribution in [0.2, 0.25) is 0 Å². The van der Waals surface area contributed by atoms with Gasteiger partial charge in [-0.05, 0) is 37.5 Å². The Morgan fingerprint density at radius 2 is 1.95 bits per heavy atom. The van der Waals surface area contributed by atoms with E-state index < -0.39 is 5.54 Å². The molecule has 12 nitrogen and oxygen atoms in total. The highest BCUT2D eigenvalue weighted by Crippen LogP contribution is 2.31. The summed E-state index contributed by atoms with van der Waals surface area (Å²) in [5.74, 6) is 0.772. The fourth-order valence-corrected chi connectivity index (χ4v) is 5.00. The number of amides is 1. The number of carbonyl (C=O) groups is 1. The standard InChI is InChI=1S/C26H29N9O3/c1-26(17-6-3-2-4-7-17,24(37)28-11-14-33-12-9-18(36)10-13-33)35-23-19(16-29-35)22-30-21(20-8-5-15-38-20)32-34(22)25(27)31-23/h2-8,15-16,18,36H,9-14H2,1H3,(H2,27,31)(H,28,37). The molecule has 12 heteroatoms. The van der Waals surface area contributed by atoms with Gasteiger partial charge in [0.1, 0.15) is 0 Å². The maximum absolute atomic E-state index is 13.9. The van der Waals surface area contributed by atoms with E-state index in [2.05, 4.69) is 30.4 Å². The number of benzene rings is 1. The molecule has 5 heterocycles. The number of likely N-dealkylation sites (tertiary alicyclic amines) is 1. The number of aliphatic hydroxyl groups is 1. The highest BCUT2D eigenvalue weighted by molar-refractivity contribution is 5.94. The lowest BCUT2D eigenvalue weighted by molar-refractivity contribution is -0.127. The average Bonchev–Trinajstić information content (AvgIpc) is 3.69. The third-order valence-corrected chi connectivity index (χ3v) is 7.24. The van der Waals surface area contributed by atoms with Crippen LogP contribution in [0.5, 0.6) is 0 Å². The van der Waals surface area contributed by atoms with E-state index >= 15 is 0 Å².